The van der Waals surface area contributed by atoms with E-state index in [1.807, 2.05) is 12.1 Å². The molecule has 2 heteroatoms. The summed E-state index contributed by atoms with van der Waals surface area (Å²) in [5.74, 6) is 0. The molecule has 38 heavy (non-hydrogen) atoms. The van der Waals surface area contributed by atoms with Crippen LogP contribution in [0.1, 0.15) is 0 Å². The van der Waals surface area contributed by atoms with Crippen molar-refractivity contribution in [2.24, 2.45) is 0 Å². The number of anilines is 2. The first kappa shape index (κ1) is 22.1. The molecular weight excluding hydrogens is 462 g/mol. The van der Waals surface area contributed by atoms with Gasteiger partial charge in [0.2, 0.25) is 0 Å². The molecule has 0 radical (unpaired) electrons. The Morgan fingerprint density at radius 3 is 1.29 bits per heavy atom. The molecule has 180 valence electrons. The van der Waals surface area contributed by atoms with Crippen molar-refractivity contribution in [3.05, 3.63) is 146 Å². The third kappa shape index (κ3) is 4.23. The van der Waals surface area contributed by atoms with Gasteiger partial charge in [-0.3, -0.25) is 0 Å². The summed E-state index contributed by atoms with van der Waals surface area (Å²) >= 11 is 0. The Bertz CT molecular complexity index is 1880. The average molecular weight is 488 g/mol. The van der Waals surface area contributed by atoms with Gasteiger partial charge in [0.1, 0.15) is 11.2 Å². The predicted molar refractivity (Wildman–Crippen MR) is 160 cm³/mol. The van der Waals surface area contributed by atoms with E-state index in [0.717, 1.165) is 44.4 Å². The van der Waals surface area contributed by atoms with E-state index < -0.39 is 0 Å². The molecule has 0 amide bonds. The van der Waals surface area contributed by atoms with Crippen LogP contribution in [-0.4, -0.2) is 0 Å². The fraction of sp³-hybridized carbons (Fsp3) is 0. The van der Waals surface area contributed by atoms with Crippen LogP contribution in [0.15, 0.2) is 150 Å². The third-order valence-corrected chi connectivity index (χ3v) is 7.03. The van der Waals surface area contributed by atoms with E-state index in [9.17, 15) is 0 Å². The number of rotatable bonds is 5. The summed E-state index contributed by atoms with van der Waals surface area (Å²) in [4.78, 5) is 0. The van der Waals surface area contributed by atoms with E-state index in [1.165, 1.54) is 22.3 Å². The van der Waals surface area contributed by atoms with E-state index in [4.69, 9.17) is 4.42 Å². The van der Waals surface area contributed by atoms with Gasteiger partial charge in [-0.2, -0.15) is 0 Å². The van der Waals surface area contributed by atoms with Gasteiger partial charge in [-0.1, -0.05) is 97.1 Å². The largest absolute Gasteiger partial charge is 0.456 e. The number of fused-ring (bicyclic) bond motifs is 3. The number of hydrogen-bond donors (Lipinski definition) is 1. The molecule has 0 saturated heterocycles. The van der Waals surface area contributed by atoms with Crippen LogP contribution in [-0.2, 0) is 0 Å². The highest BCUT2D eigenvalue weighted by Gasteiger charge is 2.11. The lowest BCUT2D eigenvalue weighted by atomic mass is 10.00. The molecule has 1 heterocycles. The van der Waals surface area contributed by atoms with Crippen LogP contribution in [0.5, 0.6) is 0 Å². The summed E-state index contributed by atoms with van der Waals surface area (Å²) in [7, 11) is 0. The highest BCUT2D eigenvalue weighted by molar-refractivity contribution is 6.07. The SMILES string of the molecule is c1ccc(-c2cccc(Nc3cccc(-c4ccc5oc6ccc(-c7ccccc7)cc6c5c4)c3)c2)cc1. The Kier molecular flexibility index (Phi) is 5.49. The van der Waals surface area contributed by atoms with Gasteiger partial charge in [-0.15, -0.1) is 0 Å². The van der Waals surface area contributed by atoms with E-state index >= 15 is 0 Å². The van der Waals surface area contributed by atoms with Crippen molar-refractivity contribution in [2.45, 2.75) is 0 Å². The van der Waals surface area contributed by atoms with E-state index in [0.29, 0.717) is 0 Å². The summed E-state index contributed by atoms with van der Waals surface area (Å²) in [5, 5.41) is 5.86. The first-order chi connectivity index (χ1) is 18.8. The molecule has 7 aromatic rings. The van der Waals surface area contributed by atoms with Crippen molar-refractivity contribution in [2.75, 3.05) is 5.32 Å². The van der Waals surface area contributed by atoms with Crippen LogP contribution < -0.4 is 5.32 Å². The third-order valence-electron chi connectivity index (χ3n) is 7.03. The molecule has 1 N–H and O–H groups in total. The van der Waals surface area contributed by atoms with Crippen molar-refractivity contribution in [3.63, 3.8) is 0 Å². The minimum atomic E-state index is 0.904. The minimum absolute atomic E-state index is 0.904. The van der Waals surface area contributed by atoms with Crippen molar-refractivity contribution < 1.29 is 4.42 Å². The second-order valence-corrected chi connectivity index (χ2v) is 9.54. The lowest BCUT2D eigenvalue weighted by Crippen LogP contribution is -1.91. The zero-order chi connectivity index (χ0) is 25.3. The second-order valence-electron chi connectivity index (χ2n) is 9.54. The quantitative estimate of drug-likeness (QED) is 0.261. The van der Waals surface area contributed by atoms with Crippen LogP contribution in [0.2, 0.25) is 0 Å². The first-order valence-corrected chi connectivity index (χ1v) is 12.8. The first-order valence-electron chi connectivity index (χ1n) is 12.8. The zero-order valence-corrected chi connectivity index (χ0v) is 20.8. The summed E-state index contributed by atoms with van der Waals surface area (Å²) in [5.41, 5.74) is 11.0. The average Bonchev–Trinajstić information content (AvgIpc) is 3.36. The number of nitrogens with one attached hydrogen (secondary N) is 1. The number of furan rings is 1. The Hall–Kier alpha value is -5.08. The molecule has 0 aliphatic heterocycles. The molecule has 0 aliphatic rings. The van der Waals surface area contributed by atoms with Gasteiger partial charge in [0, 0.05) is 22.1 Å². The standard InChI is InChI=1S/C36H25NO/c1-3-9-25(10-4-1)27-13-7-15-31(21-27)37-32-16-8-14-28(22-32)30-18-20-36-34(24-30)33-23-29(17-19-35(33)38-36)26-11-5-2-6-12-26/h1-24,37H. The molecule has 0 fully saturated rings. The molecule has 1 aromatic heterocycles. The molecule has 0 unspecified atom stereocenters. The van der Waals surface area contributed by atoms with Crippen molar-refractivity contribution in [1.82, 2.24) is 0 Å². The summed E-state index contributed by atoms with van der Waals surface area (Å²) in [6.45, 7) is 0. The Balaban J connectivity index is 1.23. The fourth-order valence-corrected chi connectivity index (χ4v) is 5.12. The van der Waals surface area contributed by atoms with Gasteiger partial charge in [0.15, 0.2) is 0 Å². The van der Waals surface area contributed by atoms with Gasteiger partial charge in [0.05, 0.1) is 0 Å². The van der Waals surface area contributed by atoms with Crippen LogP contribution in [0.25, 0.3) is 55.3 Å². The summed E-state index contributed by atoms with van der Waals surface area (Å²) in [6.07, 6.45) is 0. The van der Waals surface area contributed by atoms with Crippen LogP contribution in [0.4, 0.5) is 11.4 Å². The highest BCUT2D eigenvalue weighted by atomic mass is 16.3. The summed E-state index contributed by atoms with van der Waals surface area (Å²) < 4.78 is 6.17. The maximum Gasteiger partial charge on any atom is 0.135 e. The van der Waals surface area contributed by atoms with Crippen LogP contribution in [0, 0.1) is 0 Å². The van der Waals surface area contributed by atoms with Gasteiger partial charge in [0.25, 0.3) is 0 Å². The molecule has 0 spiro atoms. The maximum atomic E-state index is 6.17. The minimum Gasteiger partial charge on any atom is -0.456 e. The zero-order valence-electron chi connectivity index (χ0n) is 20.8. The van der Waals surface area contributed by atoms with E-state index in [2.05, 4.69) is 139 Å². The summed E-state index contributed by atoms with van der Waals surface area (Å²) in [6, 6.07) is 50.9. The Labute approximate surface area is 221 Å². The van der Waals surface area contributed by atoms with Crippen LogP contribution in [0.3, 0.4) is 0 Å². The smallest absolute Gasteiger partial charge is 0.135 e. The molecule has 0 aliphatic carbocycles. The van der Waals surface area contributed by atoms with E-state index in [1.54, 1.807) is 0 Å². The number of hydrogen-bond acceptors (Lipinski definition) is 2. The molecule has 6 aromatic carbocycles. The van der Waals surface area contributed by atoms with Gasteiger partial charge in [-0.05, 0) is 81.9 Å². The lowest BCUT2D eigenvalue weighted by Gasteiger charge is -2.11. The Morgan fingerprint density at radius 2 is 0.763 bits per heavy atom. The highest BCUT2D eigenvalue weighted by Crippen LogP contribution is 2.35. The number of benzene rings is 6. The lowest BCUT2D eigenvalue weighted by molar-refractivity contribution is 0.669. The molecular formula is C36H25NO. The van der Waals surface area contributed by atoms with Crippen LogP contribution >= 0.6 is 0 Å². The van der Waals surface area contributed by atoms with Crippen molar-refractivity contribution in [1.29, 1.82) is 0 Å². The normalized spacial score (nSPS) is 11.2. The van der Waals surface area contributed by atoms with Gasteiger partial charge < -0.3 is 9.73 Å². The second kappa shape index (κ2) is 9.42. The van der Waals surface area contributed by atoms with Crippen molar-refractivity contribution >= 4 is 33.3 Å². The predicted octanol–water partition coefficient (Wildman–Crippen LogP) is 10.3. The molecule has 7 rings (SSSR count). The molecule has 0 bridgehead atoms. The molecule has 2 nitrogen and oxygen atoms in total. The molecule has 0 atom stereocenters. The van der Waals surface area contributed by atoms with E-state index in [-0.39, 0.29) is 0 Å². The monoisotopic (exact) mass is 487 g/mol. The Morgan fingerprint density at radius 1 is 0.342 bits per heavy atom. The van der Waals surface area contributed by atoms with Gasteiger partial charge in [-0.25, -0.2) is 0 Å². The van der Waals surface area contributed by atoms with Gasteiger partial charge >= 0.3 is 0 Å². The topological polar surface area (TPSA) is 25.2 Å². The van der Waals surface area contributed by atoms with Crippen molar-refractivity contribution in [3.8, 4) is 33.4 Å². The maximum absolute atomic E-state index is 6.17. The fourth-order valence-electron chi connectivity index (χ4n) is 5.12. The molecule has 0 saturated carbocycles.